The Morgan fingerprint density at radius 2 is 2.00 bits per heavy atom. The third kappa shape index (κ3) is 5.25. The number of aromatic nitrogens is 2. The van der Waals surface area contributed by atoms with Crippen molar-refractivity contribution >= 4 is 10.0 Å². The van der Waals surface area contributed by atoms with Gasteiger partial charge in [0.1, 0.15) is 0 Å². The fraction of sp³-hybridized carbons (Fsp3) is 0.571. The maximum Gasteiger partial charge on any atom is 0.262 e. The Kier molecular flexibility index (Phi) is 7.45. The SMILES string of the molecule is CCCC(CCNC1CN(S(=O)(=O)c2cn(C)cn2)CC1c1ccccc1)OC. The highest BCUT2D eigenvalue weighted by atomic mass is 32.2. The first-order valence-corrected chi connectivity index (χ1v) is 11.7. The molecule has 2 aromatic rings. The molecule has 7 nitrogen and oxygen atoms in total. The first-order chi connectivity index (χ1) is 14.0. The zero-order valence-corrected chi connectivity index (χ0v) is 18.3. The van der Waals surface area contributed by atoms with E-state index in [0.717, 1.165) is 31.4 Å². The fourth-order valence-electron chi connectivity index (χ4n) is 3.99. The average Bonchev–Trinajstić information content (AvgIpc) is 3.35. The molecule has 1 N–H and O–H groups in total. The number of hydrogen-bond donors (Lipinski definition) is 1. The van der Waals surface area contributed by atoms with Crippen LogP contribution in [0.3, 0.4) is 0 Å². The summed E-state index contributed by atoms with van der Waals surface area (Å²) in [6.07, 6.45) is 6.34. The summed E-state index contributed by atoms with van der Waals surface area (Å²) in [5, 5.41) is 3.71. The second kappa shape index (κ2) is 9.84. The highest BCUT2D eigenvalue weighted by Crippen LogP contribution is 2.31. The quantitative estimate of drug-likeness (QED) is 0.639. The molecule has 3 unspecified atom stereocenters. The van der Waals surface area contributed by atoms with Crippen molar-refractivity contribution in [2.24, 2.45) is 7.05 Å². The van der Waals surface area contributed by atoms with Gasteiger partial charge in [0.2, 0.25) is 0 Å². The van der Waals surface area contributed by atoms with Crippen molar-refractivity contribution in [3.05, 3.63) is 48.4 Å². The van der Waals surface area contributed by atoms with Crippen molar-refractivity contribution in [3.8, 4) is 0 Å². The van der Waals surface area contributed by atoms with Gasteiger partial charge in [-0.1, -0.05) is 43.7 Å². The van der Waals surface area contributed by atoms with E-state index in [1.165, 1.54) is 6.33 Å². The highest BCUT2D eigenvalue weighted by molar-refractivity contribution is 7.89. The molecule has 3 atom stereocenters. The van der Waals surface area contributed by atoms with E-state index in [1.807, 2.05) is 18.2 Å². The molecule has 0 radical (unpaired) electrons. The Hall–Kier alpha value is -1.74. The van der Waals surface area contributed by atoms with Gasteiger partial charge in [0.15, 0.2) is 5.03 Å². The maximum atomic E-state index is 13.1. The Morgan fingerprint density at radius 1 is 1.24 bits per heavy atom. The van der Waals surface area contributed by atoms with Gasteiger partial charge in [0, 0.05) is 45.4 Å². The summed E-state index contributed by atoms with van der Waals surface area (Å²) < 4.78 is 34.9. The van der Waals surface area contributed by atoms with Crippen LogP contribution in [0.5, 0.6) is 0 Å². The third-order valence-corrected chi connectivity index (χ3v) is 7.33. The van der Waals surface area contributed by atoms with Crippen LogP contribution in [-0.2, 0) is 21.8 Å². The van der Waals surface area contributed by atoms with E-state index in [1.54, 1.807) is 29.2 Å². The first kappa shape index (κ1) is 22.0. The van der Waals surface area contributed by atoms with Crippen molar-refractivity contribution in [1.29, 1.82) is 0 Å². The highest BCUT2D eigenvalue weighted by Gasteiger charge is 2.40. The van der Waals surface area contributed by atoms with Crippen LogP contribution < -0.4 is 5.32 Å². The van der Waals surface area contributed by atoms with Crippen LogP contribution in [0.25, 0.3) is 0 Å². The van der Waals surface area contributed by atoms with Gasteiger partial charge in [-0.2, -0.15) is 4.31 Å². The molecule has 0 amide bonds. The van der Waals surface area contributed by atoms with Crippen molar-refractivity contribution in [1.82, 2.24) is 19.2 Å². The van der Waals surface area contributed by atoms with Crippen molar-refractivity contribution in [3.63, 3.8) is 0 Å². The summed E-state index contributed by atoms with van der Waals surface area (Å²) in [6, 6.07) is 10.2. The number of methoxy groups -OCH3 is 1. The lowest BCUT2D eigenvalue weighted by molar-refractivity contribution is 0.0867. The largest absolute Gasteiger partial charge is 0.381 e. The van der Waals surface area contributed by atoms with Gasteiger partial charge < -0.3 is 14.6 Å². The molecular formula is C21H32N4O3S. The Labute approximate surface area is 174 Å². The Balaban J connectivity index is 1.74. The number of aryl methyl sites for hydroxylation is 1. The zero-order valence-electron chi connectivity index (χ0n) is 17.5. The summed E-state index contributed by atoms with van der Waals surface area (Å²) in [5.74, 6) is 0.0989. The predicted molar refractivity (Wildman–Crippen MR) is 113 cm³/mol. The first-order valence-electron chi connectivity index (χ1n) is 10.2. The Bertz CT molecular complexity index is 869. The summed E-state index contributed by atoms with van der Waals surface area (Å²) in [7, 11) is -0.0824. The minimum Gasteiger partial charge on any atom is -0.381 e. The van der Waals surface area contributed by atoms with Crippen molar-refractivity contribution in [2.45, 2.75) is 49.3 Å². The van der Waals surface area contributed by atoms with Crippen LogP contribution in [0.15, 0.2) is 47.9 Å². The number of nitrogens with zero attached hydrogens (tertiary/aromatic N) is 3. The van der Waals surface area contributed by atoms with Crippen molar-refractivity contribution < 1.29 is 13.2 Å². The van der Waals surface area contributed by atoms with Gasteiger partial charge in [0.25, 0.3) is 10.0 Å². The average molecular weight is 421 g/mol. The molecule has 1 aliphatic heterocycles. The van der Waals surface area contributed by atoms with E-state index in [4.69, 9.17) is 4.74 Å². The second-order valence-corrected chi connectivity index (χ2v) is 9.60. The van der Waals surface area contributed by atoms with Gasteiger partial charge in [-0.15, -0.1) is 0 Å². The van der Waals surface area contributed by atoms with Gasteiger partial charge in [0.05, 0.1) is 12.4 Å². The second-order valence-electron chi connectivity index (χ2n) is 7.71. The lowest BCUT2D eigenvalue weighted by Crippen LogP contribution is -2.38. The topological polar surface area (TPSA) is 76.5 Å². The van der Waals surface area contributed by atoms with E-state index in [-0.39, 0.29) is 23.1 Å². The number of ether oxygens (including phenoxy) is 1. The molecule has 1 aliphatic rings. The third-order valence-electron chi connectivity index (χ3n) is 5.62. The zero-order chi connectivity index (χ0) is 20.9. The number of imidazole rings is 1. The maximum absolute atomic E-state index is 13.1. The molecule has 2 heterocycles. The van der Waals surface area contributed by atoms with Crippen LogP contribution in [0.4, 0.5) is 0 Å². The van der Waals surface area contributed by atoms with E-state index < -0.39 is 10.0 Å². The molecule has 3 rings (SSSR count). The number of benzene rings is 1. The van der Waals surface area contributed by atoms with Gasteiger partial charge in [-0.3, -0.25) is 0 Å². The van der Waals surface area contributed by atoms with E-state index in [2.05, 4.69) is 29.4 Å². The molecule has 29 heavy (non-hydrogen) atoms. The van der Waals surface area contributed by atoms with Crippen LogP contribution in [0, 0.1) is 0 Å². The Morgan fingerprint density at radius 3 is 2.62 bits per heavy atom. The molecular weight excluding hydrogens is 388 g/mol. The monoisotopic (exact) mass is 420 g/mol. The molecule has 1 aromatic heterocycles. The normalized spacial score (nSPS) is 21.5. The summed E-state index contributed by atoms with van der Waals surface area (Å²) in [4.78, 5) is 4.07. The standard InChI is InChI=1S/C21H32N4O3S/c1-4-8-18(28-3)11-12-22-20-14-25(13-19(20)17-9-6-5-7-10-17)29(26,27)21-15-24(2)16-23-21/h5-7,9-10,15-16,18-20,22H,4,8,11-14H2,1-3H3. The predicted octanol–water partition coefficient (Wildman–Crippen LogP) is 2.37. The lowest BCUT2D eigenvalue weighted by atomic mass is 9.94. The number of hydrogen-bond acceptors (Lipinski definition) is 5. The van der Waals surface area contributed by atoms with Crippen LogP contribution in [0.1, 0.15) is 37.7 Å². The number of rotatable bonds is 10. The van der Waals surface area contributed by atoms with Crippen LogP contribution in [0.2, 0.25) is 0 Å². The van der Waals surface area contributed by atoms with Gasteiger partial charge in [-0.05, 0) is 24.9 Å². The molecule has 0 saturated carbocycles. The molecule has 1 aromatic carbocycles. The summed E-state index contributed by atoms with van der Waals surface area (Å²) >= 11 is 0. The molecule has 0 aliphatic carbocycles. The molecule has 0 spiro atoms. The summed E-state index contributed by atoms with van der Waals surface area (Å²) in [6.45, 7) is 3.83. The minimum absolute atomic E-state index is 0.0509. The molecule has 8 heteroatoms. The molecule has 1 saturated heterocycles. The molecule has 160 valence electrons. The van der Waals surface area contributed by atoms with E-state index in [0.29, 0.717) is 13.1 Å². The number of nitrogens with one attached hydrogen (secondary N) is 1. The minimum atomic E-state index is -3.61. The smallest absolute Gasteiger partial charge is 0.262 e. The van der Waals surface area contributed by atoms with E-state index in [9.17, 15) is 8.42 Å². The molecule has 0 bridgehead atoms. The van der Waals surface area contributed by atoms with Crippen LogP contribution in [-0.4, -0.2) is 61.2 Å². The fourth-order valence-corrected chi connectivity index (χ4v) is 5.45. The van der Waals surface area contributed by atoms with Gasteiger partial charge >= 0.3 is 0 Å². The number of sulfonamides is 1. The summed E-state index contributed by atoms with van der Waals surface area (Å²) in [5.41, 5.74) is 1.15. The van der Waals surface area contributed by atoms with Gasteiger partial charge in [-0.25, -0.2) is 13.4 Å². The van der Waals surface area contributed by atoms with E-state index >= 15 is 0 Å². The molecule has 1 fully saturated rings. The lowest BCUT2D eigenvalue weighted by Gasteiger charge is -2.22. The van der Waals surface area contributed by atoms with Crippen molar-refractivity contribution in [2.75, 3.05) is 26.7 Å². The van der Waals surface area contributed by atoms with Crippen LogP contribution >= 0.6 is 0 Å².